The van der Waals surface area contributed by atoms with E-state index in [1.54, 1.807) is 43.3 Å². The van der Waals surface area contributed by atoms with Gasteiger partial charge >= 0.3 is 5.97 Å². The Morgan fingerprint density at radius 1 is 1.20 bits per heavy atom. The maximum atomic E-state index is 12.1. The Morgan fingerprint density at radius 3 is 2.76 bits per heavy atom. The molecule has 0 radical (unpaired) electrons. The average molecular weight is 362 g/mol. The van der Waals surface area contributed by atoms with Crippen LogP contribution in [0.1, 0.15) is 28.9 Å². The smallest absolute Gasteiger partial charge is 0.326 e. The summed E-state index contributed by atoms with van der Waals surface area (Å²) in [6.07, 6.45) is -0.511. The zero-order valence-electron chi connectivity index (χ0n) is 13.5. The molecular weight excluding hydrogens is 346 g/mol. The zero-order chi connectivity index (χ0) is 17.8. The van der Waals surface area contributed by atoms with Gasteiger partial charge in [-0.25, -0.2) is 0 Å². The molecule has 2 aromatic rings. The molecule has 0 spiro atoms. The Labute approximate surface area is 149 Å². The summed E-state index contributed by atoms with van der Waals surface area (Å²) < 4.78 is 15.7. The maximum absolute atomic E-state index is 12.1. The molecule has 0 bridgehead atoms. The molecule has 3 rings (SSSR count). The molecule has 1 atom stereocenters. The van der Waals surface area contributed by atoms with Crippen molar-refractivity contribution in [3.8, 4) is 11.5 Å². The monoisotopic (exact) mass is 361 g/mol. The van der Waals surface area contributed by atoms with Gasteiger partial charge in [0, 0.05) is 16.1 Å². The number of benzene rings is 2. The second kappa shape index (κ2) is 7.44. The van der Waals surface area contributed by atoms with E-state index in [0.29, 0.717) is 27.6 Å². The van der Waals surface area contributed by atoms with Crippen molar-refractivity contribution in [2.24, 2.45) is 0 Å². The minimum Gasteiger partial charge on any atom is -0.456 e. The van der Waals surface area contributed by atoms with Crippen LogP contribution in [0, 0.1) is 0 Å². The molecule has 0 aromatic heterocycles. The number of nitrogens with one attached hydrogen (secondary N) is 1. The van der Waals surface area contributed by atoms with Crippen molar-refractivity contribution < 1.29 is 23.8 Å². The van der Waals surface area contributed by atoms with Crippen LogP contribution in [0.2, 0.25) is 5.02 Å². The third-order valence-electron chi connectivity index (χ3n) is 3.68. The minimum atomic E-state index is -0.554. The molecule has 1 amide bonds. The molecular formula is C18H16ClNO5. The van der Waals surface area contributed by atoms with Crippen molar-refractivity contribution >= 4 is 23.5 Å². The predicted octanol–water partition coefficient (Wildman–Crippen LogP) is 3.10. The number of carbonyl (C=O) groups is 2. The Hall–Kier alpha value is -2.73. The summed E-state index contributed by atoms with van der Waals surface area (Å²) >= 11 is 6.07. The molecule has 1 N–H and O–H groups in total. The normalized spacial score (nSPS) is 13.2. The molecule has 0 saturated carbocycles. The van der Waals surface area contributed by atoms with Crippen LogP contribution >= 0.6 is 11.6 Å². The summed E-state index contributed by atoms with van der Waals surface area (Å²) in [6.45, 7) is 1.60. The van der Waals surface area contributed by atoms with Gasteiger partial charge in [0.15, 0.2) is 11.5 Å². The fraction of sp³-hybridized carbons (Fsp3) is 0.222. The van der Waals surface area contributed by atoms with Crippen molar-refractivity contribution in [3.63, 3.8) is 0 Å². The fourth-order valence-corrected chi connectivity index (χ4v) is 2.69. The molecule has 130 valence electrons. The van der Waals surface area contributed by atoms with Crippen LogP contribution in [0.4, 0.5) is 0 Å². The van der Waals surface area contributed by atoms with Crippen molar-refractivity contribution in [1.82, 2.24) is 5.32 Å². The third-order valence-corrected chi connectivity index (χ3v) is 4.02. The fourth-order valence-electron chi connectivity index (χ4n) is 2.40. The molecule has 25 heavy (non-hydrogen) atoms. The molecule has 2 aromatic carbocycles. The lowest BCUT2D eigenvalue weighted by atomic mass is 10.1. The lowest BCUT2D eigenvalue weighted by Gasteiger charge is -2.15. The van der Waals surface area contributed by atoms with E-state index in [0.717, 1.165) is 0 Å². The van der Waals surface area contributed by atoms with Gasteiger partial charge in [0.25, 0.3) is 5.91 Å². The molecule has 0 saturated heterocycles. The van der Waals surface area contributed by atoms with Gasteiger partial charge in [-0.2, -0.15) is 0 Å². The number of halogens is 1. The quantitative estimate of drug-likeness (QED) is 0.828. The molecule has 0 aliphatic carbocycles. The van der Waals surface area contributed by atoms with E-state index >= 15 is 0 Å². The summed E-state index contributed by atoms with van der Waals surface area (Å²) in [6, 6.07) is 11.9. The SMILES string of the molecule is C[C@H](OC(=O)CNC(=O)c1ccc2c(c1)OCO2)c1ccccc1Cl. The number of amides is 1. The van der Waals surface area contributed by atoms with Crippen molar-refractivity contribution in [1.29, 1.82) is 0 Å². The minimum absolute atomic E-state index is 0.132. The van der Waals surface area contributed by atoms with E-state index in [1.807, 2.05) is 6.07 Å². The highest BCUT2D eigenvalue weighted by Crippen LogP contribution is 2.32. The van der Waals surface area contributed by atoms with Gasteiger partial charge in [0.05, 0.1) is 0 Å². The lowest BCUT2D eigenvalue weighted by Crippen LogP contribution is -2.31. The van der Waals surface area contributed by atoms with E-state index in [-0.39, 0.29) is 13.3 Å². The standard InChI is InChI=1S/C18H16ClNO5/c1-11(13-4-2-3-5-14(13)19)25-17(21)9-20-18(22)12-6-7-15-16(8-12)24-10-23-15/h2-8,11H,9-10H2,1H3,(H,20,22)/t11-/m0/s1. The Bertz CT molecular complexity index is 808. The summed E-state index contributed by atoms with van der Waals surface area (Å²) in [5.41, 5.74) is 1.08. The number of esters is 1. The second-order valence-electron chi connectivity index (χ2n) is 5.40. The summed E-state index contributed by atoms with van der Waals surface area (Å²) in [5.74, 6) is 0.134. The Kier molecular flexibility index (Phi) is 5.09. The van der Waals surface area contributed by atoms with Crippen LogP contribution < -0.4 is 14.8 Å². The average Bonchev–Trinajstić information content (AvgIpc) is 3.07. The maximum Gasteiger partial charge on any atom is 0.326 e. The van der Waals surface area contributed by atoms with Gasteiger partial charge in [-0.05, 0) is 31.2 Å². The molecule has 7 heteroatoms. The van der Waals surface area contributed by atoms with Crippen LogP contribution in [-0.2, 0) is 9.53 Å². The van der Waals surface area contributed by atoms with Crippen LogP contribution in [0.25, 0.3) is 0 Å². The van der Waals surface area contributed by atoms with E-state index in [4.69, 9.17) is 25.8 Å². The summed E-state index contributed by atoms with van der Waals surface area (Å²) in [4.78, 5) is 24.1. The highest BCUT2D eigenvalue weighted by atomic mass is 35.5. The summed E-state index contributed by atoms with van der Waals surface area (Å²) in [7, 11) is 0. The van der Waals surface area contributed by atoms with Gasteiger partial charge in [0.2, 0.25) is 6.79 Å². The van der Waals surface area contributed by atoms with Crippen LogP contribution in [-0.4, -0.2) is 25.2 Å². The molecule has 1 aliphatic rings. The van der Waals surface area contributed by atoms with Gasteiger partial charge in [-0.15, -0.1) is 0 Å². The third kappa shape index (κ3) is 4.03. The van der Waals surface area contributed by atoms with E-state index in [2.05, 4.69) is 5.32 Å². The molecule has 1 aliphatic heterocycles. The van der Waals surface area contributed by atoms with Gasteiger partial charge in [-0.3, -0.25) is 9.59 Å². The first-order valence-corrected chi connectivity index (χ1v) is 8.04. The van der Waals surface area contributed by atoms with E-state index in [9.17, 15) is 9.59 Å². The number of carbonyl (C=O) groups excluding carboxylic acids is 2. The van der Waals surface area contributed by atoms with E-state index < -0.39 is 18.0 Å². The molecule has 6 nitrogen and oxygen atoms in total. The molecule has 0 unspecified atom stereocenters. The molecule has 1 heterocycles. The predicted molar refractivity (Wildman–Crippen MR) is 90.9 cm³/mol. The largest absolute Gasteiger partial charge is 0.456 e. The summed E-state index contributed by atoms with van der Waals surface area (Å²) in [5, 5.41) is 3.04. The Morgan fingerprint density at radius 2 is 1.96 bits per heavy atom. The molecule has 0 fully saturated rings. The first-order valence-electron chi connectivity index (χ1n) is 7.66. The second-order valence-corrected chi connectivity index (χ2v) is 5.81. The number of hydrogen-bond acceptors (Lipinski definition) is 5. The van der Waals surface area contributed by atoms with E-state index in [1.165, 1.54) is 0 Å². The number of rotatable bonds is 5. The van der Waals surface area contributed by atoms with Gasteiger partial charge < -0.3 is 19.5 Å². The number of fused-ring (bicyclic) bond motifs is 1. The first kappa shape index (κ1) is 17.1. The highest BCUT2D eigenvalue weighted by molar-refractivity contribution is 6.31. The van der Waals surface area contributed by atoms with Crippen molar-refractivity contribution in [2.45, 2.75) is 13.0 Å². The topological polar surface area (TPSA) is 73.9 Å². The number of ether oxygens (including phenoxy) is 3. The zero-order valence-corrected chi connectivity index (χ0v) is 14.2. The van der Waals surface area contributed by atoms with Crippen LogP contribution in [0.5, 0.6) is 11.5 Å². The van der Waals surface area contributed by atoms with Gasteiger partial charge in [-0.1, -0.05) is 29.8 Å². The number of hydrogen-bond donors (Lipinski definition) is 1. The van der Waals surface area contributed by atoms with Crippen LogP contribution in [0.3, 0.4) is 0 Å². The van der Waals surface area contributed by atoms with Crippen molar-refractivity contribution in [3.05, 3.63) is 58.6 Å². The lowest BCUT2D eigenvalue weighted by molar-refractivity contribution is -0.147. The van der Waals surface area contributed by atoms with Gasteiger partial charge in [0.1, 0.15) is 12.6 Å². The van der Waals surface area contributed by atoms with Crippen molar-refractivity contribution in [2.75, 3.05) is 13.3 Å². The Balaban J connectivity index is 1.53. The highest BCUT2D eigenvalue weighted by Gasteiger charge is 2.18. The van der Waals surface area contributed by atoms with Crippen LogP contribution in [0.15, 0.2) is 42.5 Å². The first-order chi connectivity index (χ1) is 12.0.